The van der Waals surface area contributed by atoms with Gasteiger partial charge in [-0.05, 0) is 35.9 Å². The fourth-order valence-electron chi connectivity index (χ4n) is 3.09. The van der Waals surface area contributed by atoms with Crippen LogP contribution in [0.5, 0.6) is 0 Å². The summed E-state index contributed by atoms with van der Waals surface area (Å²) in [5.41, 5.74) is 1.33. The Bertz CT molecular complexity index is 1000. The Labute approximate surface area is 174 Å². The number of hydrogen-bond acceptors (Lipinski definition) is 4. The van der Waals surface area contributed by atoms with Crippen LogP contribution in [0.1, 0.15) is 5.56 Å². The van der Waals surface area contributed by atoms with E-state index in [-0.39, 0.29) is 10.9 Å². The molecule has 29 heavy (non-hydrogen) atoms. The number of nitrogens with zero attached hydrogens (tertiary/aromatic N) is 2. The molecular weight excluding hydrogens is 417 g/mol. The van der Waals surface area contributed by atoms with E-state index < -0.39 is 20.7 Å². The molecule has 0 saturated carbocycles. The van der Waals surface area contributed by atoms with E-state index in [9.17, 15) is 17.6 Å². The Kier molecular flexibility index (Phi) is 6.56. The number of anilines is 1. The molecule has 0 aromatic heterocycles. The van der Waals surface area contributed by atoms with E-state index in [1.54, 1.807) is 17.0 Å². The third-order valence-corrected chi connectivity index (χ3v) is 6.37. The standard InChI is InChI=1S/C20H21ClFN3O3S/c1-2-19(26)25-12-10-24(11-13-25)14-15-6-8-16(9-7-15)23-29(27,28)18-5-3-4-17(21)20(18)22/h2-9,23H,1,10-14H2. The van der Waals surface area contributed by atoms with Gasteiger partial charge in [0.05, 0.1) is 5.02 Å². The van der Waals surface area contributed by atoms with Crippen molar-refractivity contribution in [2.75, 3.05) is 30.9 Å². The lowest BCUT2D eigenvalue weighted by Crippen LogP contribution is -2.47. The van der Waals surface area contributed by atoms with E-state index in [1.807, 2.05) is 12.1 Å². The summed E-state index contributed by atoms with van der Waals surface area (Å²) in [4.78, 5) is 15.1. The van der Waals surface area contributed by atoms with Gasteiger partial charge in [-0.3, -0.25) is 14.4 Å². The molecule has 1 fully saturated rings. The third kappa shape index (κ3) is 5.14. The minimum absolute atomic E-state index is 0.0579. The molecule has 9 heteroatoms. The number of halogens is 2. The van der Waals surface area contributed by atoms with E-state index in [1.165, 1.54) is 18.2 Å². The van der Waals surface area contributed by atoms with E-state index in [2.05, 4.69) is 16.2 Å². The largest absolute Gasteiger partial charge is 0.337 e. The molecule has 1 aliphatic rings. The molecule has 0 atom stereocenters. The van der Waals surface area contributed by atoms with Gasteiger partial charge in [0.15, 0.2) is 5.82 Å². The minimum atomic E-state index is -4.09. The van der Waals surface area contributed by atoms with Crippen molar-refractivity contribution < 1.29 is 17.6 Å². The summed E-state index contributed by atoms with van der Waals surface area (Å²) in [6.07, 6.45) is 1.32. The monoisotopic (exact) mass is 437 g/mol. The van der Waals surface area contributed by atoms with Gasteiger partial charge in [-0.1, -0.05) is 36.4 Å². The van der Waals surface area contributed by atoms with Crippen LogP contribution in [0.25, 0.3) is 0 Å². The molecule has 0 bridgehead atoms. The molecule has 1 aliphatic heterocycles. The van der Waals surface area contributed by atoms with E-state index in [4.69, 9.17) is 11.6 Å². The molecule has 0 aliphatic carbocycles. The molecule has 6 nitrogen and oxygen atoms in total. The summed E-state index contributed by atoms with van der Waals surface area (Å²) in [6, 6.07) is 10.7. The van der Waals surface area contributed by atoms with Gasteiger partial charge in [0, 0.05) is 38.4 Å². The molecule has 154 valence electrons. The highest BCUT2D eigenvalue weighted by Crippen LogP contribution is 2.24. The maximum absolute atomic E-state index is 14.0. The second-order valence-electron chi connectivity index (χ2n) is 6.66. The smallest absolute Gasteiger partial charge is 0.264 e. The fourth-order valence-corrected chi connectivity index (χ4v) is 4.48. The number of hydrogen-bond donors (Lipinski definition) is 1. The van der Waals surface area contributed by atoms with Gasteiger partial charge in [-0.15, -0.1) is 0 Å². The topological polar surface area (TPSA) is 69.7 Å². The molecule has 0 unspecified atom stereocenters. The molecule has 0 spiro atoms. The van der Waals surface area contributed by atoms with Gasteiger partial charge < -0.3 is 4.90 Å². The van der Waals surface area contributed by atoms with Crippen LogP contribution in [0.2, 0.25) is 5.02 Å². The number of carbonyl (C=O) groups is 1. The summed E-state index contributed by atoms with van der Waals surface area (Å²) in [6.45, 7) is 6.99. The van der Waals surface area contributed by atoms with Crippen molar-refractivity contribution in [3.05, 3.63) is 71.5 Å². The maximum atomic E-state index is 14.0. The van der Waals surface area contributed by atoms with Gasteiger partial charge in [0.2, 0.25) is 5.91 Å². The number of amides is 1. The molecule has 1 N–H and O–H groups in total. The van der Waals surface area contributed by atoms with Crippen LogP contribution < -0.4 is 4.72 Å². The van der Waals surface area contributed by atoms with Crippen LogP contribution in [0, 0.1) is 5.82 Å². The molecule has 1 saturated heterocycles. The number of sulfonamides is 1. The van der Waals surface area contributed by atoms with Crippen molar-refractivity contribution in [1.82, 2.24) is 9.80 Å². The highest BCUT2D eigenvalue weighted by Gasteiger charge is 2.21. The van der Waals surface area contributed by atoms with E-state index in [0.29, 0.717) is 25.3 Å². The normalized spacial score (nSPS) is 15.2. The lowest BCUT2D eigenvalue weighted by molar-refractivity contribution is -0.127. The van der Waals surface area contributed by atoms with Gasteiger partial charge >= 0.3 is 0 Å². The van der Waals surface area contributed by atoms with Crippen molar-refractivity contribution >= 4 is 33.2 Å². The highest BCUT2D eigenvalue weighted by atomic mass is 35.5. The number of rotatable bonds is 6. The Morgan fingerprint density at radius 1 is 1.14 bits per heavy atom. The fraction of sp³-hybridized carbons (Fsp3) is 0.250. The van der Waals surface area contributed by atoms with Crippen LogP contribution in [0.3, 0.4) is 0 Å². The first-order valence-corrected chi connectivity index (χ1v) is 10.9. The second kappa shape index (κ2) is 8.94. The quantitative estimate of drug-likeness (QED) is 0.705. The van der Waals surface area contributed by atoms with Gasteiger partial charge in [-0.25, -0.2) is 12.8 Å². The lowest BCUT2D eigenvalue weighted by Gasteiger charge is -2.34. The van der Waals surface area contributed by atoms with Crippen molar-refractivity contribution in [1.29, 1.82) is 0 Å². The van der Waals surface area contributed by atoms with Crippen LogP contribution >= 0.6 is 11.6 Å². The van der Waals surface area contributed by atoms with Crippen molar-refractivity contribution in [2.45, 2.75) is 11.4 Å². The summed E-state index contributed by atoms with van der Waals surface area (Å²) in [5.74, 6) is -1.04. The number of piperazine rings is 1. The second-order valence-corrected chi connectivity index (χ2v) is 8.72. The average Bonchev–Trinajstić information content (AvgIpc) is 2.71. The first-order chi connectivity index (χ1) is 13.8. The average molecular weight is 438 g/mol. The lowest BCUT2D eigenvalue weighted by atomic mass is 10.2. The van der Waals surface area contributed by atoms with Crippen LogP contribution in [-0.4, -0.2) is 50.3 Å². The SMILES string of the molecule is C=CC(=O)N1CCN(Cc2ccc(NS(=O)(=O)c3cccc(Cl)c3F)cc2)CC1. The third-order valence-electron chi connectivity index (χ3n) is 4.68. The molecular formula is C20H21ClFN3O3S. The summed E-state index contributed by atoms with van der Waals surface area (Å²) >= 11 is 5.67. The summed E-state index contributed by atoms with van der Waals surface area (Å²) in [7, 11) is -4.09. The summed E-state index contributed by atoms with van der Waals surface area (Å²) in [5, 5.41) is -0.252. The molecule has 1 heterocycles. The molecule has 2 aromatic carbocycles. The zero-order valence-corrected chi connectivity index (χ0v) is 17.2. The molecule has 2 aromatic rings. The zero-order valence-electron chi connectivity index (χ0n) is 15.6. The predicted octanol–water partition coefficient (Wildman–Crippen LogP) is 3.11. The van der Waals surface area contributed by atoms with E-state index >= 15 is 0 Å². The minimum Gasteiger partial charge on any atom is -0.337 e. The summed E-state index contributed by atoms with van der Waals surface area (Å²) < 4.78 is 41.3. The van der Waals surface area contributed by atoms with Crippen molar-refractivity contribution in [3.8, 4) is 0 Å². The Balaban J connectivity index is 1.61. The first kappa shape index (κ1) is 21.3. The van der Waals surface area contributed by atoms with Gasteiger partial charge in [0.25, 0.3) is 10.0 Å². The zero-order chi connectivity index (χ0) is 21.0. The Hall–Kier alpha value is -2.42. The Morgan fingerprint density at radius 3 is 2.41 bits per heavy atom. The molecule has 1 amide bonds. The molecule has 0 radical (unpaired) electrons. The predicted molar refractivity (Wildman–Crippen MR) is 111 cm³/mol. The number of carbonyl (C=O) groups excluding carboxylic acids is 1. The van der Waals surface area contributed by atoms with Gasteiger partial charge in [0.1, 0.15) is 4.90 Å². The molecule has 3 rings (SSSR count). The number of nitrogens with one attached hydrogen (secondary N) is 1. The number of benzene rings is 2. The maximum Gasteiger partial charge on any atom is 0.264 e. The van der Waals surface area contributed by atoms with Crippen LogP contribution in [0.15, 0.2) is 60.0 Å². The Morgan fingerprint density at radius 2 is 1.79 bits per heavy atom. The first-order valence-electron chi connectivity index (χ1n) is 8.99. The van der Waals surface area contributed by atoms with Crippen LogP contribution in [0.4, 0.5) is 10.1 Å². The van der Waals surface area contributed by atoms with Crippen LogP contribution in [-0.2, 0) is 21.4 Å². The van der Waals surface area contributed by atoms with E-state index in [0.717, 1.165) is 24.7 Å². The van der Waals surface area contributed by atoms with Crippen molar-refractivity contribution in [3.63, 3.8) is 0 Å². The van der Waals surface area contributed by atoms with Gasteiger partial charge in [-0.2, -0.15) is 0 Å². The highest BCUT2D eigenvalue weighted by molar-refractivity contribution is 7.92. The van der Waals surface area contributed by atoms with Crippen molar-refractivity contribution in [2.24, 2.45) is 0 Å².